The van der Waals surface area contributed by atoms with Crippen molar-refractivity contribution in [3.8, 4) is 12.3 Å². The number of terminal acetylenes is 1. The third-order valence-corrected chi connectivity index (χ3v) is 1.76. The first-order valence-electron chi connectivity index (χ1n) is 3.49. The summed E-state index contributed by atoms with van der Waals surface area (Å²) in [4.78, 5) is 0. The Morgan fingerprint density at radius 1 is 1.50 bits per heavy atom. The van der Waals surface area contributed by atoms with E-state index in [2.05, 4.69) is 32.6 Å². The lowest BCUT2D eigenvalue weighted by molar-refractivity contribution is -0.883. The molecule has 1 nitrogen and oxygen atoms in total. The number of rotatable bonds is 4. The van der Waals surface area contributed by atoms with Gasteiger partial charge in [-0.2, -0.15) is 12.6 Å². The van der Waals surface area contributed by atoms with Crippen LogP contribution in [0, 0.1) is 12.3 Å². The third kappa shape index (κ3) is 4.72. The maximum absolute atomic E-state index is 5.20. The molecule has 0 aliphatic carbocycles. The largest absolute Gasteiger partial charge is 0.318 e. The van der Waals surface area contributed by atoms with Crippen LogP contribution in [0.3, 0.4) is 0 Å². The molecule has 0 saturated carbocycles. The van der Waals surface area contributed by atoms with Gasteiger partial charge in [0.15, 0.2) is 0 Å². The molecule has 0 rings (SSSR count). The normalized spacial score (nSPS) is 11.0. The molecule has 0 aromatic heterocycles. The highest BCUT2D eigenvalue weighted by atomic mass is 32.1. The van der Waals surface area contributed by atoms with Crippen molar-refractivity contribution in [1.29, 1.82) is 0 Å². The first kappa shape index (κ1) is 9.87. The van der Waals surface area contributed by atoms with E-state index in [0.717, 1.165) is 29.7 Å². The molecule has 0 spiro atoms. The molecular weight excluding hydrogens is 142 g/mol. The number of hydrogen-bond donors (Lipinski definition) is 1. The van der Waals surface area contributed by atoms with Crippen molar-refractivity contribution in [2.75, 3.05) is 32.9 Å². The SMILES string of the molecule is C#CC[N+](C)(C)CCCS. The van der Waals surface area contributed by atoms with E-state index in [1.54, 1.807) is 0 Å². The van der Waals surface area contributed by atoms with E-state index in [9.17, 15) is 0 Å². The van der Waals surface area contributed by atoms with Crippen LogP contribution in [0.1, 0.15) is 6.42 Å². The molecule has 0 radical (unpaired) electrons. The van der Waals surface area contributed by atoms with Gasteiger partial charge in [-0.15, -0.1) is 6.42 Å². The second kappa shape index (κ2) is 4.65. The van der Waals surface area contributed by atoms with Crippen LogP contribution in [-0.2, 0) is 0 Å². The quantitative estimate of drug-likeness (QED) is 0.352. The van der Waals surface area contributed by atoms with Crippen LogP contribution in [0.5, 0.6) is 0 Å². The lowest BCUT2D eigenvalue weighted by atomic mass is 10.4. The molecule has 58 valence electrons. The zero-order chi connectivity index (χ0) is 8.04. The summed E-state index contributed by atoms with van der Waals surface area (Å²) in [5.41, 5.74) is 0. The van der Waals surface area contributed by atoms with Gasteiger partial charge in [0, 0.05) is 6.42 Å². The van der Waals surface area contributed by atoms with E-state index in [1.165, 1.54) is 0 Å². The zero-order valence-corrected chi connectivity index (χ0v) is 7.69. The van der Waals surface area contributed by atoms with Crippen LogP contribution < -0.4 is 0 Å². The summed E-state index contributed by atoms with van der Waals surface area (Å²) in [6.45, 7) is 1.93. The van der Waals surface area contributed by atoms with Gasteiger partial charge in [0.05, 0.1) is 20.6 Å². The molecule has 0 unspecified atom stereocenters. The van der Waals surface area contributed by atoms with Crippen molar-refractivity contribution in [2.24, 2.45) is 0 Å². The summed E-state index contributed by atoms with van der Waals surface area (Å²) in [6, 6.07) is 0. The van der Waals surface area contributed by atoms with Gasteiger partial charge in [-0.05, 0) is 11.7 Å². The van der Waals surface area contributed by atoms with Crippen LogP contribution in [0.2, 0.25) is 0 Å². The molecule has 0 N–H and O–H groups in total. The predicted molar refractivity (Wildman–Crippen MR) is 49.1 cm³/mol. The van der Waals surface area contributed by atoms with Gasteiger partial charge in [-0.25, -0.2) is 0 Å². The van der Waals surface area contributed by atoms with Gasteiger partial charge >= 0.3 is 0 Å². The Bertz CT molecular complexity index is 124. The maximum Gasteiger partial charge on any atom is 0.140 e. The maximum atomic E-state index is 5.20. The fourth-order valence-electron chi connectivity index (χ4n) is 0.825. The highest BCUT2D eigenvalue weighted by molar-refractivity contribution is 7.80. The topological polar surface area (TPSA) is 0 Å². The second-order valence-corrected chi connectivity index (χ2v) is 3.55. The molecule has 0 aromatic rings. The predicted octanol–water partition coefficient (Wildman–Crippen LogP) is 1.02. The van der Waals surface area contributed by atoms with E-state index >= 15 is 0 Å². The summed E-state index contributed by atoms with van der Waals surface area (Å²) < 4.78 is 0.914. The molecule has 0 aromatic carbocycles. The number of thiol groups is 1. The minimum atomic E-state index is 0.813. The van der Waals surface area contributed by atoms with Gasteiger partial charge in [-0.3, -0.25) is 0 Å². The summed E-state index contributed by atoms with van der Waals surface area (Å²) in [7, 11) is 4.28. The number of hydrogen-bond acceptors (Lipinski definition) is 1. The lowest BCUT2D eigenvalue weighted by Crippen LogP contribution is -2.40. The molecule has 2 heteroatoms. The molecular formula is C8H16NS+. The van der Waals surface area contributed by atoms with Crippen molar-refractivity contribution in [2.45, 2.75) is 6.42 Å². The molecule has 0 heterocycles. The lowest BCUT2D eigenvalue weighted by Gasteiger charge is -2.26. The van der Waals surface area contributed by atoms with Crippen LogP contribution in [0.4, 0.5) is 0 Å². The summed E-state index contributed by atoms with van der Waals surface area (Å²) >= 11 is 4.14. The van der Waals surface area contributed by atoms with E-state index < -0.39 is 0 Å². The van der Waals surface area contributed by atoms with Gasteiger partial charge in [0.25, 0.3) is 0 Å². The van der Waals surface area contributed by atoms with Gasteiger partial charge in [0.1, 0.15) is 6.54 Å². The standard InChI is InChI=1S/C8H15NS/c1-4-6-9(2,3)7-5-8-10/h1H,5-8H2,2-3H3/p+1. The average Bonchev–Trinajstić information content (AvgIpc) is 1.84. The van der Waals surface area contributed by atoms with Crippen LogP contribution in [0.25, 0.3) is 0 Å². The summed E-state index contributed by atoms with van der Waals surface area (Å²) in [6.07, 6.45) is 6.34. The van der Waals surface area contributed by atoms with E-state index in [4.69, 9.17) is 6.42 Å². The Kier molecular flexibility index (Phi) is 4.59. The monoisotopic (exact) mass is 158 g/mol. The highest BCUT2D eigenvalue weighted by Gasteiger charge is 2.10. The first-order chi connectivity index (χ1) is 4.62. The Morgan fingerprint density at radius 2 is 2.10 bits per heavy atom. The van der Waals surface area contributed by atoms with Crippen molar-refractivity contribution < 1.29 is 4.48 Å². The van der Waals surface area contributed by atoms with Gasteiger partial charge in [0.2, 0.25) is 0 Å². The molecule has 0 atom stereocenters. The molecule has 10 heavy (non-hydrogen) atoms. The fraction of sp³-hybridized carbons (Fsp3) is 0.750. The summed E-state index contributed by atoms with van der Waals surface area (Å²) in [5.74, 6) is 3.61. The molecule has 0 amide bonds. The zero-order valence-electron chi connectivity index (χ0n) is 6.80. The van der Waals surface area contributed by atoms with Gasteiger partial charge in [-0.1, -0.05) is 0 Å². The van der Waals surface area contributed by atoms with Gasteiger partial charge < -0.3 is 4.48 Å². The Morgan fingerprint density at radius 3 is 2.50 bits per heavy atom. The van der Waals surface area contributed by atoms with Crippen molar-refractivity contribution in [3.05, 3.63) is 0 Å². The second-order valence-electron chi connectivity index (χ2n) is 3.10. The minimum absolute atomic E-state index is 0.813. The van der Waals surface area contributed by atoms with E-state index in [0.29, 0.717) is 0 Å². The third-order valence-electron chi connectivity index (χ3n) is 1.44. The number of nitrogens with zero attached hydrogens (tertiary/aromatic N) is 1. The fourth-order valence-corrected chi connectivity index (χ4v) is 0.966. The smallest absolute Gasteiger partial charge is 0.140 e. The molecule has 0 saturated heterocycles. The van der Waals surface area contributed by atoms with Crippen molar-refractivity contribution in [1.82, 2.24) is 0 Å². The highest BCUT2D eigenvalue weighted by Crippen LogP contribution is 1.98. The van der Waals surface area contributed by atoms with Crippen LogP contribution in [0.15, 0.2) is 0 Å². The Balaban J connectivity index is 3.55. The Hall–Kier alpha value is -0.130. The molecule has 0 fully saturated rings. The molecule has 0 aliphatic rings. The van der Waals surface area contributed by atoms with Crippen molar-refractivity contribution in [3.63, 3.8) is 0 Å². The summed E-state index contributed by atoms with van der Waals surface area (Å²) in [5, 5.41) is 0. The van der Waals surface area contributed by atoms with E-state index in [1.807, 2.05) is 0 Å². The first-order valence-corrected chi connectivity index (χ1v) is 4.12. The molecule has 0 aliphatic heterocycles. The molecule has 0 bridgehead atoms. The number of quaternary nitrogens is 1. The van der Waals surface area contributed by atoms with Crippen LogP contribution >= 0.6 is 12.6 Å². The average molecular weight is 158 g/mol. The van der Waals surface area contributed by atoms with E-state index in [-0.39, 0.29) is 0 Å². The van der Waals surface area contributed by atoms with Crippen molar-refractivity contribution >= 4 is 12.6 Å². The minimum Gasteiger partial charge on any atom is -0.318 e. The Labute approximate surface area is 69.4 Å². The van der Waals surface area contributed by atoms with Crippen LogP contribution in [-0.4, -0.2) is 37.4 Å².